The van der Waals surface area contributed by atoms with E-state index in [1.54, 1.807) is 26.0 Å². The number of rotatable bonds is 3. The first-order valence-corrected chi connectivity index (χ1v) is 9.58. The predicted molar refractivity (Wildman–Crippen MR) is 107 cm³/mol. The van der Waals surface area contributed by atoms with Gasteiger partial charge in [-0.2, -0.15) is 13.2 Å². The minimum atomic E-state index is -4.67. The van der Waals surface area contributed by atoms with Crippen molar-refractivity contribution in [1.29, 1.82) is 0 Å². The number of anilines is 1. The van der Waals surface area contributed by atoms with E-state index in [4.69, 9.17) is 17.3 Å². The Balaban J connectivity index is 1.90. The van der Waals surface area contributed by atoms with Gasteiger partial charge in [-0.05, 0) is 50.2 Å². The van der Waals surface area contributed by atoms with Crippen LogP contribution < -0.4 is 11.1 Å². The van der Waals surface area contributed by atoms with E-state index in [9.17, 15) is 22.4 Å². The number of amides is 1. The normalized spacial score (nSPS) is 19.8. The third-order valence-corrected chi connectivity index (χ3v) is 5.51. The zero-order valence-corrected chi connectivity index (χ0v) is 17.0. The molecule has 0 fully saturated rings. The first kappa shape index (κ1) is 22.0. The van der Waals surface area contributed by atoms with Crippen molar-refractivity contribution in [2.45, 2.75) is 38.5 Å². The summed E-state index contributed by atoms with van der Waals surface area (Å²) in [6.45, 7) is 3.46. The Hall–Kier alpha value is -2.74. The molecular weight excluding hydrogens is 422 g/mol. The molecule has 2 unspecified atom stereocenters. The molecule has 160 valence electrons. The number of halogens is 5. The fraction of sp³-hybridized carbons (Fsp3) is 0.286. The van der Waals surface area contributed by atoms with E-state index in [-0.39, 0.29) is 17.4 Å². The van der Waals surface area contributed by atoms with Gasteiger partial charge in [0, 0.05) is 23.8 Å². The van der Waals surface area contributed by atoms with Crippen LogP contribution in [-0.2, 0) is 6.18 Å². The molecule has 1 aliphatic rings. The van der Waals surface area contributed by atoms with Gasteiger partial charge in [0.1, 0.15) is 5.82 Å². The van der Waals surface area contributed by atoms with Gasteiger partial charge in [0.2, 0.25) is 0 Å². The maximum atomic E-state index is 13.2. The molecule has 0 bridgehead atoms. The van der Waals surface area contributed by atoms with E-state index >= 15 is 0 Å². The molecule has 30 heavy (non-hydrogen) atoms. The molecule has 0 aliphatic carbocycles. The Morgan fingerprint density at radius 2 is 1.80 bits per heavy atom. The number of alkyl halides is 3. The number of nitrogens with two attached hydrogens (primary N) is 1. The topological polar surface area (TPSA) is 58.4 Å². The number of carbonyl (C=O) groups is 1. The summed E-state index contributed by atoms with van der Waals surface area (Å²) < 4.78 is 52.6. The van der Waals surface area contributed by atoms with Crippen LogP contribution in [0.2, 0.25) is 5.02 Å². The molecule has 0 aromatic heterocycles. The molecule has 1 aliphatic heterocycles. The second-order valence-electron chi connectivity index (χ2n) is 7.17. The molecule has 1 heterocycles. The average molecular weight is 442 g/mol. The molecular formula is C21H20ClF4N3O. The van der Waals surface area contributed by atoms with Crippen molar-refractivity contribution in [1.82, 2.24) is 4.90 Å². The summed E-state index contributed by atoms with van der Waals surface area (Å²) in [5.74, 6) is -1.00. The second-order valence-corrected chi connectivity index (χ2v) is 7.55. The van der Waals surface area contributed by atoms with Crippen molar-refractivity contribution in [3.8, 4) is 0 Å². The number of nitrogens with one attached hydrogen (secondary N) is 1. The first-order chi connectivity index (χ1) is 14.0. The third-order valence-electron chi connectivity index (χ3n) is 5.10. The van der Waals surface area contributed by atoms with Crippen LogP contribution in [0.1, 0.15) is 36.2 Å². The maximum Gasteiger partial charge on any atom is 0.417 e. The van der Waals surface area contributed by atoms with Crippen molar-refractivity contribution in [2.24, 2.45) is 5.73 Å². The Morgan fingerprint density at radius 3 is 2.40 bits per heavy atom. The molecule has 0 saturated heterocycles. The number of nitrogens with zero attached hydrogens (tertiary/aromatic N) is 1. The van der Waals surface area contributed by atoms with Crippen LogP contribution in [0.3, 0.4) is 0 Å². The SMILES string of the molecule is CC1CC(Nc2ccc(F)cc2)=C(N)C(C)N1C(=O)c1cccc(C(F)(F)F)c1Cl. The zero-order valence-electron chi connectivity index (χ0n) is 16.2. The Labute approximate surface area is 176 Å². The predicted octanol–water partition coefficient (Wildman–Crippen LogP) is 5.40. The minimum Gasteiger partial charge on any atom is -0.399 e. The smallest absolute Gasteiger partial charge is 0.399 e. The Bertz CT molecular complexity index is 989. The number of benzene rings is 2. The molecule has 0 spiro atoms. The highest BCUT2D eigenvalue weighted by atomic mass is 35.5. The highest BCUT2D eigenvalue weighted by molar-refractivity contribution is 6.34. The molecule has 3 rings (SSSR count). The van der Waals surface area contributed by atoms with Crippen molar-refractivity contribution in [2.75, 3.05) is 5.32 Å². The summed E-state index contributed by atoms with van der Waals surface area (Å²) in [5.41, 5.74) is 6.62. The zero-order chi connectivity index (χ0) is 22.2. The maximum absolute atomic E-state index is 13.2. The molecule has 2 atom stereocenters. The molecule has 3 N–H and O–H groups in total. The van der Waals surface area contributed by atoms with Crippen LogP contribution in [0, 0.1) is 5.82 Å². The monoisotopic (exact) mass is 441 g/mol. The van der Waals surface area contributed by atoms with Gasteiger partial charge < -0.3 is 16.0 Å². The molecule has 4 nitrogen and oxygen atoms in total. The summed E-state index contributed by atoms with van der Waals surface area (Å²) in [7, 11) is 0. The first-order valence-electron chi connectivity index (χ1n) is 9.20. The van der Waals surface area contributed by atoms with Gasteiger partial charge in [-0.3, -0.25) is 4.79 Å². The molecule has 2 aromatic carbocycles. The van der Waals surface area contributed by atoms with Crippen LogP contribution in [0.5, 0.6) is 0 Å². The van der Waals surface area contributed by atoms with Gasteiger partial charge in [-0.1, -0.05) is 17.7 Å². The summed E-state index contributed by atoms with van der Waals surface area (Å²) in [5, 5.41) is 2.50. The second kappa shape index (κ2) is 8.18. The third kappa shape index (κ3) is 4.23. The molecule has 0 radical (unpaired) electrons. The van der Waals surface area contributed by atoms with E-state index in [1.165, 1.54) is 23.1 Å². The van der Waals surface area contributed by atoms with Crippen molar-refractivity contribution < 1.29 is 22.4 Å². The summed E-state index contributed by atoms with van der Waals surface area (Å²) in [6.07, 6.45) is -4.33. The lowest BCUT2D eigenvalue weighted by atomic mass is 9.96. The Morgan fingerprint density at radius 1 is 1.17 bits per heavy atom. The highest BCUT2D eigenvalue weighted by Crippen LogP contribution is 2.37. The molecule has 2 aromatic rings. The van der Waals surface area contributed by atoms with Crippen LogP contribution in [0.4, 0.5) is 23.2 Å². The van der Waals surface area contributed by atoms with Gasteiger partial charge in [0.15, 0.2) is 0 Å². The molecule has 1 amide bonds. The van der Waals surface area contributed by atoms with Crippen molar-refractivity contribution >= 4 is 23.2 Å². The van der Waals surface area contributed by atoms with Crippen molar-refractivity contribution in [3.63, 3.8) is 0 Å². The van der Waals surface area contributed by atoms with Gasteiger partial charge in [0.25, 0.3) is 5.91 Å². The largest absolute Gasteiger partial charge is 0.417 e. The Kier molecular flexibility index (Phi) is 5.99. The molecule has 0 saturated carbocycles. The fourth-order valence-electron chi connectivity index (χ4n) is 3.56. The van der Waals surface area contributed by atoms with E-state index in [0.29, 0.717) is 23.5 Å². The lowest BCUT2D eigenvalue weighted by Crippen LogP contribution is -2.51. The van der Waals surface area contributed by atoms with E-state index in [0.717, 1.165) is 12.1 Å². The van der Waals surface area contributed by atoms with Crippen LogP contribution in [0.15, 0.2) is 53.9 Å². The van der Waals surface area contributed by atoms with Crippen LogP contribution in [0.25, 0.3) is 0 Å². The molecule has 9 heteroatoms. The fourth-order valence-corrected chi connectivity index (χ4v) is 3.87. The highest BCUT2D eigenvalue weighted by Gasteiger charge is 2.38. The van der Waals surface area contributed by atoms with E-state index in [1.807, 2.05) is 0 Å². The summed E-state index contributed by atoms with van der Waals surface area (Å²) >= 11 is 5.93. The summed E-state index contributed by atoms with van der Waals surface area (Å²) in [6, 6.07) is 8.04. The lowest BCUT2D eigenvalue weighted by Gasteiger charge is -2.41. The van der Waals surface area contributed by atoms with Gasteiger partial charge >= 0.3 is 6.18 Å². The quantitative estimate of drug-likeness (QED) is 0.627. The summed E-state index contributed by atoms with van der Waals surface area (Å²) in [4.78, 5) is 14.5. The number of hydrogen-bond donors (Lipinski definition) is 2. The number of hydrogen-bond acceptors (Lipinski definition) is 3. The van der Waals surface area contributed by atoms with Crippen LogP contribution in [-0.4, -0.2) is 22.9 Å². The lowest BCUT2D eigenvalue weighted by molar-refractivity contribution is -0.137. The van der Waals surface area contributed by atoms with E-state index < -0.39 is 28.7 Å². The van der Waals surface area contributed by atoms with Crippen molar-refractivity contribution in [3.05, 3.63) is 75.8 Å². The minimum absolute atomic E-state index is 0.229. The van der Waals surface area contributed by atoms with Gasteiger partial charge in [-0.15, -0.1) is 0 Å². The van der Waals surface area contributed by atoms with Gasteiger partial charge in [0.05, 0.1) is 27.9 Å². The van der Waals surface area contributed by atoms with Gasteiger partial charge in [-0.25, -0.2) is 4.39 Å². The number of carbonyl (C=O) groups excluding carboxylic acids is 1. The average Bonchev–Trinajstić information content (AvgIpc) is 2.66. The standard InChI is InChI=1S/C21H20ClF4N3O/c1-11-10-17(28-14-8-6-13(23)7-9-14)19(27)12(2)29(11)20(30)15-4-3-5-16(18(15)22)21(24,25)26/h3-9,11-12,28H,10,27H2,1-2H3. The van der Waals surface area contributed by atoms with Crippen LogP contribution >= 0.6 is 11.6 Å². The van der Waals surface area contributed by atoms with E-state index in [2.05, 4.69) is 5.32 Å².